The Hall–Kier alpha value is -3.31. The van der Waals surface area contributed by atoms with Gasteiger partial charge in [0.1, 0.15) is 16.6 Å². The topological polar surface area (TPSA) is 98.7 Å². The van der Waals surface area contributed by atoms with Gasteiger partial charge < -0.3 is 9.73 Å². The van der Waals surface area contributed by atoms with E-state index in [1.54, 1.807) is 12.3 Å². The highest BCUT2D eigenvalue weighted by Gasteiger charge is 2.18. The summed E-state index contributed by atoms with van der Waals surface area (Å²) in [5, 5.41) is 20.9. The molecule has 0 aliphatic carbocycles. The van der Waals surface area contributed by atoms with E-state index >= 15 is 0 Å². The van der Waals surface area contributed by atoms with E-state index in [0.29, 0.717) is 34.0 Å². The van der Waals surface area contributed by atoms with Gasteiger partial charge in [-0.3, -0.25) is 9.36 Å². The standard InChI is InChI=1S/C20H17FN6O2S2/c1-3-9-27-17(15-8-10-29-12(15)2)24-26-20(27)30-11-16-23-25-19(31-16)18(28)22-14-6-4-13(21)5-7-14/h3-8,10H,1,9,11H2,2H3,(H,22,28). The molecule has 1 aromatic carbocycles. The van der Waals surface area contributed by atoms with E-state index in [0.717, 1.165) is 11.3 Å². The minimum atomic E-state index is -0.395. The highest BCUT2D eigenvalue weighted by Crippen LogP contribution is 2.29. The normalized spacial score (nSPS) is 10.9. The zero-order chi connectivity index (χ0) is 21.8. The fourth-order valence-corrected chi connectivity index (χ4v) is 4.42. The number of anilines is 1. The monoisotopic (exact) mass is 456 g/mol. The quantitative estimate of drug-likeness (QED) is 0.306. The van der Waals surface area contributed by atoms with Crippen molar-refractivity contribution in [1.29, 1.82) is 0 Å². The van der Waals surface area contributed by atoms with Gasteiger partial charge in [-0.2, -0.15) is 0 Å². The van der Waals surface area contributed by atoms with Crippen molar-refractivity contribution < 1.29 is 13.6 Å². The number of amides is 1. The number of aryl methyl sites for hydroxylation is 1. The highest BCUT2D eigenvalue weighted by molar-refractivity contribution is 7.98. The Balaban J connectivity index is 1.44. The summed E-state index contributed by atoms with van der Waals surface area (Å²) in [6, 6.07) is 7.37. The van der Waals surface area contributed by atoms with Crippen molar-refractivity contribution in [2.45, 2.75) is 24.4 Å². The van der Waals surface area contributed by atoms with Crippen LogP contribution >= 0.6 is 23.1 Å². The summed E-state index contributed by atoms with van der Waals surface area (Å²) < 4.78 is 20.3. The van der Waals surface area contributed by atoms with Crippen LogP contribution in [-0.4, -0.2) is 30.9 Å². The molecule has 11 heteroatoms. The van der Waals surface area contributed by atoms with E-state index in [1.807, 2.05) is 17.6 Å². The molecule has 0 fully saturated rings. The van der Waals surface area contributed by atoms with Gasteiger partial charge in [0, 0.05) is 12.2 Å². The molecule has 8 nitrogen and oxygen atoms in total. The van der Waals surface area contributed by atoms with E-state index in [2.05, 4.69) is 32.3 Å². The number of halogens is 1. The van der Waals surface area contributed by atoms with Gasteiger partial charge >= 0.3 is 0 Å². The fourth-order valence-electron chi connectivity index (χ4n) is 2.75. The average Bonchev–Trinajstić information content (AvgIpc) is 3.49. The fraction of sp³-hybridized carbons (Fsp3) is 0.150. The Labute approximate surface area is 185 Å². The SMILES string of the molecule is C=CCn1c(SCc2nnc(C(=O)Nc3ccc(F)cc3)s2)nnc1-c1ccoc1C. The molecular formula is C20H17FN6O2S2. The van der Waals surface area contributed by atoms with Crippen molar-refractivity contribution in [2.75, 3.05) is 5.32 Å². The average molecular weight is 457 g/mol. The lowest BCUT2D eigenvalue weighted by atomic mass is 10.2. The Kier molecular flexibility index (Phi) is 6.23. The van der Waals surface area contributed by atoms with Crippen molar-refractivity contribution in [2.24, 2.45) is 0 Å². The molecule has 0 aliphatic rings. The van der Waals surface area contributed by atoms with Crippen LogP contribution in [0.15, 0.2) is 58.8 Å². The lowest BCUT2D eigenvalue weighted by molar-refractivity contribution is 0.102. The zero-order valence-electron chi connectivity index (χ0n) is 16.4. The van der Waals surface area contributed by atoms with Crippen LogP contribution in [0, 0.1) is 12.7 Å². The molecule has 0 atom stereocenters. The Morgan fingerprint density at radius 3 is 2.77 bits per heavy atom. The Morgan fingerprint density at radius 2 is 2.06 bits per heavy atom. The van der Waals surface area contributed by atoms with Crippen LogP contribution in [-0.2, 0) is 12.3 Å². The van der Waals surface area contributed by atoms with Gasteiger partial charge in [-0.15, -0.1) is 27.0 Å². The van der Waals surface area contributed by atoms with Gasteiger partial charge in [-0.1, -0.05) is 29.2 Å². The van der Waals surface area contributed by atoms with Gasteiger partial charge in [-0.25, -0.2) is 4.39 Å². The minimum Gasteiger partial charge on any atom is -0.469 e. The Morgan fingerprint density at radius 1 is 1.26 bits per heavy atom. The summed E-state index contributed by atoms with van der Waals surface area (Å²) in [5.41, 5.74) is 1.36. The number of nitrogens with one attached hydrogen (secondary N) is 1. The highest BCUT2D eigenvalue weighted by atomic mass is 32.2. The van der Waals surface area contributed by atoms with Crippen LogP contribution in [0.4, 0.5) is 10.1 Å². The first kappa shape index (κ1) is 20.9. The molecule has 0 aliphatic heterocycles. The number of aromatic nitrogens is 5. The molecule has 4 aromatic rings. The maximum Gasteiger partial charge on any atom is 0.286 e. The van der Waals surface area contributed by atoms with Crippen molar-refractivity contribution in [3.63, 3.8) is 0 Å². The van der Waals surface area contributed by atoms with Gasteiger partial charge in [0.05, 0.1) is 17.6 Å². The Bertz CT molecular complexity index is 1210. The van der Waals surface area contributed by atoms with E-state index in [4.69, 9.17) is 4.42 Å². The molecule has 4 rings (SSSR count). The van der Waals surface area contributed by atoms with Crippen LogP contribution in [0.5, 0.6) is 0 Å². The van der Waals surface area contributed by atoms with E-state index < -0.39 is 5.91 Å². The van der Waals surface area contributed by atoms with Crippen molar-refractivity contribution in [1.82, 2.24) is 25.0 Å². The third kappa shape index (κ3) is 4.72. The van der Waals surface area contributed by atoms with E-state index in [-0.39, 0.29) is 10.8 Å². The summed E-state index contributed by atoms with van der Waals surface area (Å²) in [7, 11) is 0. The molecule has 0 unspecified atom stereocenters. The predicted molar refractivity (Wildman–Crippen MR) is 116 cm³/mol. The number of hydrogen-bond donors (Lipinski definition) is 1. The van der Waals surface area contributed by atoms with Gasteiger partial charge in [0.2, 0.25) is 5.01 Å². The van der Waals surface area contributed by atoms with Crippen molar-refractivity contribution >= 4 is 34.7 Å². The van der Waals surface area contributed by atoms with Crippen LogP contribution in [0.1, 0.15) is 20.6 Å². The molecule has 0 radical (unpaired) electrons. The maximum atomic E-state index is 13.0. The number of carbonyl (C=O) groups is 1. The van der Waals surface area contributed by atoms with Gasteiger partial charge in [0.15, 0.2) is 11.0 Å². The lowest BCUT2D eigenvalue weighted by Crippen LogP contribution is -2.11. The second kappa shape index (κ2) is 9.23. The van der Waals surface area contributed by atoms with Crippen molar-refractivity contribution in [3.8, 4) is 11.4 Å². The maximum absolute atomic E-state index is 13.0. The van der Waals surface area contributed by atoms with Gasteiger partial charge in [0.25, 0.3) is 5.91 Å². The molecule has 0 spiro atoms. The molecule has 0 saturated heterocycles. The number of rotatable bonds is 8. The van der Waals surface area contributed by atoms with Crippen LogP contribution in [0.3, 0.4) is 0 Å². The third-order valence-corrected chi connectivity index (χ3v) is 6.30. The molecule has 1 N–H and O–H groups in total. The van der Waals surface area contributed by atoms with Crippen LogP contribution in [0.25, 0.3) is 11.4 Å². The summed E-state index contributed by atoms with van der Waals surface area (Å²) in [5.74, 6) is 1.17. The van der Waals surface area contributed by atoms with Gasteiger partial charge in [-0.05, 0) is 37.3 Å². The number of carbonyl (C=O) groups excluding carboxylic acids is 1. The molecule has 0 bridgehead atoms. The van der Waals surface area contributed by atoms with E-state index in [9.17, 15) is 9.18 Å². The minimum absolute atomic E-state index is 0.224. The second-order valence-electron chi connectivity index (χ2n) is 6.35. The number of benzene rings is 1. The van der Waals surface area contributed by atoms with Crippen LogP contribution < -0.4 is 5.32 Å². The first-order valence-electron chi connectivity index (χ1n) is 9.16. The zero-order valence-corrected chi connectivity index (χ0v) is 18.0. The third-order valence-electron chi connectivity index (χ3n) is 4.22. The number of nitrogens with zero attached hydrogens (tertiary/aromatic N) is 5. The van der Waals surface area contributed by atoms with Crippen LogP contribution in [0.2, 0.25) is 0 Å². The number of hydrogen-bond acceptors (Lipinski definition) is 8. The largest absolute Gasteiger partial charge is 0.469 e. The molecule has 3 aromatic heterocycles. The molecule has 158 valence electrons. The lowest BCUT2D eigenvalue weighted by Gasteiger charge is -2.06. The number of thioether (sulfide) groups is 1. The first-order valence-corrected chi connectivity index (χ1v) is 11.0. The summed E-state index contributed by atoms with van der Waals surface area (Å²) in [6.07, 6.45) is 3.39. The smallest absolute Gasteiger partial charge is 0.286 e. The predicted octanol–water partition coefficient (Wildman–Crippen LogP) is 4.57. The summed E-state index contributed by atoms with van der Waals surface area (Å²) >= 11 is 2.63. The van der Waals surface area contributed by atoms with Crippen molar-refractivity contribution in [3.05, 3.63) is 70.8 Å². The second-order valence-corrected chi connectivity index (χ2v) is 8.35. The summed E-state index contributed by atoms with van der Waals surface area (Å²) in [4.78, 5) is 12.3. The molecule has 3 heterocycles. The number of allylic oxidation sites excluding steroid dienone is 1. The number of furan rings is 1. The molecular weight excluding hydrogens is 439 g/mol. The van der Waals surface area contributed by atoms with E-state index in [1.165, 1.54) is 47.4 Å². The molecule has 1 amide bonds. The molecule has 31 heavy (non-hydrogen) atoms. The first-order chi connectivity index (χ1) is 15.0. The molecule has 0 saturated carbocycles. The summed E-state index contributed by atoms with van der Waals surface area (Å²) in [6.45, 7) is 6.22.